The first-order chi connectivity index (χ1) is 15.9. The summed E-state index contributed by atoms with van der Waals surface area (Å²) in [5.41, 5.74) is 4.76. The van der Waals surface area contributed by atoms with Crippen molar-refractivity contribution in [3.63, 3.8) is 0 Å². The van der Waals surface area contributed by atoms with E-state index in [4.69, 9.17) is 23.2 Å². The molecule has 0 aromatic heterocycles. The van der Waals surface area contributed by atoms with E-state index in [0.29, 0.717) is 15.6 Å². The highest BCUT2D eigenvalue weighted by molar-refractivity contribution is 6.43. The monoisotopic (exact) mass is 481 g/mol. The van der Waals surface area contributed by atoms with E-state index in [-0.39, 0.29) is 11.8 Å². The van der Waals surface area contributed by atoms with Gasteiger partial charge >= 0.3 is 0 Å². The van der Waals surface area contributed by atoms with E-state index in [9.17, 15) is 9.59 Å². The largest absolute Gasteiger partial charge is 0.343 e. The van der Waals surface area contributed by atoms with Crippen LogP contribution in [0.4, 0.5) is 0 Å². The number of hydrogen-bond donors (Lipinski definition) is 2. The fourth-order valence-electron chi connectivity index (χ4n) is 3.41. The Hall–Kier alpha value is -3.15. The van der Waals surface area contributed by atoms with Gasteiger partial charge in [0.15, 0.2) is 0 Å². The molecule has 0 spiro atoms. The minimum Gasteiger partial charge on any atom is -0.343 e. The zero-order chi connectivity index (χ0) is 23.8. The van der Waals surface area contributed by atoms with Crippen LogP contribution < -0.4 is 10.7 Å². The summed E-state index contributed by atoms with van der Waals surface area (Å²) in [5, 5.41) is 7.65. The molecule has 170 valence electrons. The number of amides is 2. The molecule has 0 saturated heterocycles. The summed E-state index contributed by atoms with van der Waals surface area (Å²) in [6.45, 7) is 3.73. The minimum atomic E-state index is -0.778. The molecule has 7 heteroatoms. The Labute approximate surface area is 203 Å². The first-order valence-corrected chi connectivity index (χ1v) is 11.3. The van der Waals surface area contributed by atoms with Gasteiger partial charge in [-0.15, -0.1) is 0 Å². The lowest BCUT2D eigenvalue weighted by Crippen LogP contribution is -2.50. The molecule has 0 bridgehead atoms. The summed E-state index contributed by atoms with van der Waals surface area (Å²) < 4.78 is 0. The summed E-state index contributed by atoms with van der Waals surface area (Å²) >= 11 is 12.2. The van der Waals surface area contributed by atoms with Gasteiger partial charge in [-0.3, -0.25) is 9.59 Å². The van der Waals surface area contributed by atoms with Crippen molar-refractivity contribution >= 4 is 41.2 Å². The van der Waals surface area contributed by atoms with Gasteiger partial charge in [0, 0.05) is 5.56 Å². The molecule has 3 aromatic rings. The molecule has 2 N–H and O–H groups in total. The first kappa shape index (κ1) is 24.5. The molecule has 5 nitrogen and oxygen atoms in total. The fraction of sp³-hybridized carbons (Fsp3) is 0.192. The Bertz CT molecular complexity index is 1080. The van der Waals surface area contributed by atoms with Gasteiger partial charge in [0.1, 0.15) is 6.04 Å². The van der Waals surface area contributed by atoms with E-state index in [1.165, 1.54) is 6.21 Å². The summed E-state index contributed by atoms with van der Waals surface area (Å²) in [6, 6.07) is 23.3. The van der Waals surface area contributed by atoms with Crippen LogP contribution in [0.25, 0.3) is 0 Å². The molecule has 0 radical (unpaired) electrons. The number of carbonyl (C=O) groups excluding carboxylic acids is 2. The number of benzene rings is 3. The van der Waals surface area contributed by atoms with E-state index < -0.39 is 17.9 Å². The van der Waals surface area contributed by atoms with Crippen LogP contribution in [0.2, 0.25) is 10.0 Å². The third-order valence-electron chi connectivity index (χ3n) is 5.13. The number of carbonyl (C=O) groups is 2. The molecule has 1 atom stereocenters. The van der Waals surface area contributed by atoms with Crippen molar-refractivity contribution in [2.24, 2.45) is 11.0 Å². The quantitative estimate of drug-likeness (QED) is 0.333. The van der Waals surface area contributed by atoms with Gasteiger partial charge in [0.05, 0.1) is 22.2 Å². The van der Waals surface area contributed by atoms with Crippen molar-refractivity contribution in [1.82, 2.24) is 10.7 Å². The Kier molecular flexibility index (Phi) is 8.64. The van der Waals surface area contributed by atoms with Crippen LogP contribution in [-0.4, -0.2) is 24.1 Å². The van der Waals surface area contributed by atoms with Crippen LogP contribution in [-0.2, 0) is 9.59 Å². The van der Waals surface area contributed by atoms with E-state index in [1.807, 2.05) is 74.5 Å². The zero-order valence-electron chi connectivity index (χ0n) is 18.3. The van der Waals surface area contributed by atoms with Crippen molar-refractivity contribution in [3.8, 4) is 0 Å². The Balaban J connectivity index is 1.77. The SMILES string of the molecule is CC(C)[C@@H](NC(=O)C(c1ccccc1)c1ccccc1)C(=O)N/N=C\c1cccc(Cl)c1Cl. The highest BCUT2D eigenvalue weighted by atomic mass is 35.5. The smallest absolute Gasteiger partial charge is 0.262 e. The Morgan fingerprint density at radius 3 is 1.94 bits per heavy atom. The maximum absolute atomic E-state index is 13.4. The highest BCUT2D eigenvalue weighted by Crippen LogP contribution is 2.26. The van der Waals surface area contributed by atoms with Crippen molar-refractivity contribution < 1.29 is 9.59 Å². The van der Waals surface area contributed by atoms with E-state index in [2.05, 4.69) is 15.8 Å². The van der Waals surface area contributed by atoms with Gasteiger partial charge in [0.25, 0.3) is 5.91 Å². The van der Waals surface area contributed by atoms with Crippen molar-refractivity contribution in [3.05, 3.63) is 106 Å². The zero-order valence-corrected chi connectivity index (χ0v) is 19.8. The lowest BCUT2D eigenvalue weighted by atomic mass is 9.89. The molecule has 2 amide bonds. The fourth-order valence-corrected chi connectivity index (χ4v) is 3.77. The average molecular weight is 482 g/mol. The third kappa shape index (κ3) is 6.44. The number of hydrogen-bond acceptors (Lipinski definition) is 3. The average Bonchev–Trinajstić information content (AvgIpc) is 2.81. The van der Waals surface area contributed by atoms with Crippen molar-refractivity contribution in [2.75, 3.05) is 0 Å². The molecule has 0 aliphatic rings. The minimum absolute atomic E-state index is 0.161. The second-order valence-corrected chi connectivity index (χ2v) is 8.65. The molecule has 3 rings (SSSR count). The predicted molar refractivity (Wildman–Crippen MR) is 134 cm³/mol. The van der Waals surface area contributed by atoms with Crippen LogP contribution in [0.3, 0.4) is 0 Å². The normalized spacial score (nSPS) is 12.2. The van der Waals surface area contributed by atoms with Gasteiger partial charge in [-0.2, -0.15) is 5.10 Å². The van der Waals surface area contributed by atoms with Gasteiger partial charge in [-0.25, -0.2) is 5.43 Å². The molecule has 0 aliphatic heterocycles. The molecular formula is C26H25Cl2N3O2. The highest BCUT2D eigenvalue weighted by Gasteiger charge is 2.29. The number of hydrazone groups is 1. The molecule has 0 fully saturated rings. The second-order valence-electron chi connectivity index (χ2n) is 7.86. The third-order valence-corrected chi connectivity index (χ3v) is 5.97. The molecule has 3 aromatic carbocycles. The number of halogens is 2. The molecule has 0 unspecified atom stereocenters. The number of rotatable bonds is 8. The van der Waals surface area contributed by atoms with E-state index >= 15 is 0 Å². The molecule has 0 heterocycles. The maximum atomic E-state index is 13.4. The summed E-state index contributed by atoms with van der Waals surface area (Å²) in [6.07, 6.45) is 1.42. The van der Waals surface area contributed by atoms with Gasteiger partial charge in [-0.1, -0.05) is 110 Å². The van der Waals surface area contributed by atoms with Crippen LogP contribution in [0.15, 0.2) is 84.0 Å². The maximum Gasteiger partial charge on any atom is 0.262 e. The molecule has 33 heavy (non-hydrogen) atoms. The standard InChI is InChI=1S/C26H25Cl2N3O2/c1-17(2)24(26(33)31-29-16-20-14-9-15-21(27)23(20)28)30-25(32)22(18-10-5-3-6-11-18)19-12-7-4-8-13-19/h3-17,22,24H,1-2H3,(H,30,32)(H,31,33)/b29-16-/t24-/m1/s1. The topological polar surface area (TPSA) is 70.6 Å². The van der Waals surface area contributed by atoms with Crippen LogP contribution in [0.1, 0.15) is 36.5 Å². The number of nitrogens with one attached hydrogen (secondary N) is 2. The second kappa shape index (κ2) is 11.6. The molecule has 0 aliphatic carbocycles. The van der Waals surface area contributed by atoms with E-state index in [1.54, 1.807) is 18.2 Å². The van der Waals surface area contributed by atoms with Crippen molar-refractivity contribution in [1.29, 1.82) is 0 Å². The lowest BCUT2D eigenvalue weighted by molar-refractivity contribution is -0.130. The van der Waals surface area contributed by atoms with E-state index in [0.717, 1.165) is 11.1 Å². The van der Waals surface area contributed by atoms with Gasteiger partial charge in [0.2, 0.25) is 5.91 Å². The van der Waals surface area contributed by atoms with Crippen molar-refractivity contribution in [2.45, 2.75) is 25.8 Å². The lowest BCUT2D eigenvalue weighted by Gasteiger charge is -2.24. The first-order valence-electron chi connectivity index (χ1n) is 10.6. The van der Waals surface area contributed by atoms with Gasteiger partial charge < -0.3 is 5.32 Å². The summed E-state index contributed by atoms with van der Waals surface area (Å²) in [5.74, 6) is -1.39. The predicted octanol–water partition coefficient (Wildman–Crippen LogP) is 5.42. The van der Waals surface area contributed by atoms with Gasteiger partial charge in [-0.05, 0) is 23.1 Å². The van der Waals surface area contributed by atoms with Crippen LogP contribution in [0.5, 0.6) is 0 Å². The number of nitrogens with zero attached hydrogens (tertiary/aromatic N) is 1. The van der Waals surface area contributed by atoms with Crippen LogP contribution >= 0.6 is 23.2 Å². The Morgan fingerprint density at radius 2 is 1.39 bits per heavy atom. The molecule has 0 saturated carbocycles. The molecular weight excluding hydrogens is 457 g/mol. The summed E-state index contributed by atoms with van der Waals surface area (Å²) in [4.78, 5) is 26.2. The summed E-state index contributed by atoms with van der Waals surface area (Å²) in [7, 11) is 0. The Morgan fingerprint density at radius 1 is 0.818 bits per heavy atom. The van der Waals surface area contributed by atoms with Crippen LogP contribution in [0, 0.1) is 5.92 Å².